The first kappa shape index (κ1) is 15.7. The van der Waals surface area contributed by atoms with E-state index in [0.29, 0.717) is 6.04 Å². The number of aryl methyl sites for hydroxylation is 1. The van der Waals surface area contributed by atoms with Gasteiger partial charge < -0.3 is 5.32 Å². The predicted octanol–water partition coefficient (Wildman–Crippen LogP) is 4.75. The fraction of sp³-hybridized carbons (Fsp3) is 0.438. The van der Waals surface area contributed by atoms with Crippen LogP contribution < -0.4 is 5.32 Å². The molecule has 0 amide bonds. The van der Waals surface area contributed by atoms with Gasteiger partial charge in [-0.05, 0) is 53.0 Å². The Kier molecular flexibility index (Phi) is 6.20. The van der Waals surface area contributed by atoms with Gasteiger partial charge in [0.2, 0.25) is 0 Å². The molecule has 1 atom stereocenters. The van der Waals surface area contributed by atoms with Crippen molar-refractivity contribution in [1.29, 1.82) is 0 Å². The van der Waals surface area contributed by atoms with Crippen LogP contribution >= 0.6 is 27.3 Å². The van der Waals surface area contributed by atoms with E-state index in [1.165, 1.54) is 20.6 Å². The number of nitrogens with zero attached hydrogens (tertiary/aromatic N) is 1. The molecular formula is C16H21BrN2S. The fourth-order valence-electron chi connectivity index (χ4n) is 2.31. The molecule has 0 fully saturated rings. The van der Waals surface area contributed by atoms with E-state index in [1.807, 2.05) is 12.3 Å². The summed E-state index contributed by atoms with van der Waals surface area (Å²) in [6, 6.07) is 6.73. The summed E-state index contributed by atoms with van der Waals surface area (Å²) in [5.74, 6) is 0. The Morgan fingerprint density at radius 2 is 2.25 bits per heavy atom. The first-order valence-electron chi connectivity index (χ1n) is 7.14. The monoisotopic (exact) mass is 352 g/mol. The molecule has 0 spiro atoms. The number of hydrogen-bond donors (Lipinski definition) is 1. The number of pyridine rings is 1. The summed E-state index contributed by atoms with van der Waals surface area (Å²) in [4.78, 5) is 6.02. The van der Waals surface area contributed by atoms with Crippen LogP contribution in [-0.2, 0) is 12.8 Å². The van der Waals surface area contributed by atoms with Crippen LogP contribution in [-0.4, -0.2) is 11.5 Å². The molecule has 2 rings (SSSR count). The number of aromatic nitrogens is 1. The zero-order valence-corrected chi connectivity index (χ0v) is 14.4. The summed E-state index contributed by atoms with van der Waals surface area (Å²) >= 11 is 5.34. The third kappa shape index (κ3) is 4.14. The molecule has 0 saturated heterocycles. The van der Waals surface area contributed by atoms with E-state index in [9.17, 15) is 0 Å². The third-order valence-corrected chi connectivity index (χ3v) is 5.02. The summed E-state index contributed by atoms with van der Waals surface area (Å²) in [5, 5.41) is 5.79. The van der Waals surface area contributed by atoms with E-state index >= 15 is 0 Å². The Morgan fingerprint density at radius 1 is 1.40 bits per heavy atom. The second-order valence-corrected chi connectivity index (χ2v) is 6.75. The van der Waals surface area contributed by atoms with Gasteiger partial charge in [0.05, 0.1) is 11.7 Å². The minimum atomic E-state index is 0.302. The molecule has 0 bridgehead atoms. The fourth-order valence-corrected chi connectivity index (χ4v) is 3.81. The Bertz CT molecular complexity index is 539. The second kappa shape index (κ2) is 7.91. The van der Waals surface area contributed by atoms with E-state index in [2.05, 4.69) is 57.6 Å². The molecule has 0 aliphatic heterocycles. The lowest BCUT2D eigenvalue weighted by atomic mass is 10.0. The van der Waals surface area contributed by atoms with Crippen LogP contribution in [0.15, 0.2) is 34.2 Å². The summed E-state index contributed by atoms with van der Waals surface area (Å²) in [7, 11) is 0. The number of halogens is 1. The van der Waals surface area contributed by atoms with E-state index in [4.69, 9.17) is 0 Å². The maximum atomic E-state index is 4.64. The lowest BCUT2D eigenvalue weighted by Crippen LogP contribution is -2.25. The molecular weight excluding hydrogens is 332 g/mol. The van der Waals surface area contributed by atoms with Crippen LogP contribution in [0.4, 0.5) is 0 Å². The summed E-state index contributed by atoms with van der Waals surface area (Å²) < 4.78 is 1.17. The van der Waals surface area contributed by atoms with E-state index in [-0.39, 0.29) is 0 Å². The van der Waals surface area contributed by atoms with Gasteiger partial charge in [-0.2, -0.15) is 0 Å². The molecule has 0 radical (unpaired) electrons. The van der Waals surface area contributed by atoms with Gasteiger partial charge in [-0.1, -0.05) is 19.9 Å². The number of nitrogens with one attached hydrogen (secondary N) is 1. The van der Waals surface area contributed by atoms with Gasteiger partial charge in [-0.15, -0.1) is 11.3 Å². The zero-order valence-electron chi connectivity index (χ0n) is 12.0. The van der Waals surface area contributed by atoms with Gasteiger partial charge in [0.15, 0.2) is 0 Å². The van der Waals surface area contributed by atoms with Crippen molar-refractivity contribution in [3.05, 3.63) is 50.4 Å². The lowest BCUT2D eigenvalue weighted by molar-refractivity contribution is 0.516. The SMILES string of the molecule is CCCNC(Cc1cc(Br)cs1)c1ncccc1CC. The van der Waals surface area contributed by atoms with Gasteiger partial charge in [0, 0.05) is 27.3 Å². The van der Waals surface area contributed by atoms with Gasteiger partial charge in [-0.25, -0.2) is 0 Å². The van der Waals surface area contributed by atoms with Crippen molar-refractivity contribution in [2.24, 2.45) is 0 Å². The Balaban J connectivity index is 2.22. The number of rotatable bonds is 7. The molecule has 0 aliphatic carbocycles. The van der Waals surface area contributed by atoms with E-state index in [0.717, 1.165) is 25.8 Å². The minimum Gasteiger partial charge on any atom is -0.308 e. The average molecular weight is 353 g/mol. The first-order chi connectivity index (χ1) is 9.74. The summed E-state index contributed by atoms with van der Waals surface area (Å²) in [6.45, 7) is 5.42. The molecule has 108 valence electrons. The van der Waals surface area contributed by atoms with Crippen LogP contribution in [0.3, 0.4) is 0 Å². The Morgan fingerprint density at radius 3 is 2.90 bits per heavy atom. The molecule has 4 heteroatoms. The standard InChI is InChI=1S/C16H21BrN2S/c1-3-7-18-15(10-14-9-13(17)11-20-14)16-12(4-2)6-5-8-19-16/h5-6,8-9,11,15,18H,3-4,7,10H2,1-2H3. The largest absolute Gasteiger partial charge is 0.308 e. The van der Waals surface area contributed by atoms with Gasteiger partial charge in [0.25, 0.3) is 0 Å². The average Bonchev–Trinajstić information content (AvgIpc) is 2.88. The van der Waals surface area contributed by atoms with Crippen LogP contribution in [0, 0.1) is 0 Å². The zero-order chi connectivity index (χ0) is 14.4. The Hall–Kier alpha value is -0.710. The Labute approximate surface area is 133 Å². The van der Waals surface area contributed by atoms with Crippen molar-refractivity contribution in [1.82, 2.24) is 10.3 Å². The van der Waals surface area contributed by atoms with E-state index in [1.54, 1.807) is 11.3 Å². The number of thiophene rings is 1. The van der Waals surface area contributed by atoms with Crippen molar-refractivity contribution in [3.63, 3.8) is 0 Å². The normalized spacial score (nSPS) is 12.6. The van der Waals surface area contributed by atoms with Crippen molar-refractivity contribution >= 4 is 27.3 Å². The van der Waals surface area contributed by atoms with Gasteiger partial charge >= 0.3 is 0 Å². The van der Waals surface area contributed by atoms with Crippen molar-refractivity contribution in [2.75, 3.05) is 6.54 Å². The molecule has 20 heavy (non-hydrogen) atoms. The van der Waals surface area contributed by atoms with Crippen LogP contribution in [0.2, 0.25) is 0 Å². The summed E-state index contributed by atoms with van der Waals surface area (Å²) in [5.41, 5.74) is 2.55. The lowest BCUT2D eigenvalue weighted by Gasteiger charge is -2.20. The molecule has 0 saturated carbocycles. The smallest absolute Gasteiger partial charge is 0.0608 e. The topological polar surface area (TPSA) is 24.9 Å². The molecule has 0 aromatic carbocycles. The maximum absolute atomic E-state index is 4.64. The predicted molar refractivity (Wildman–Crippen MR) is 90.4 cm³/mol. The molecule has 2 nitrogen and oxygen atoms in total. The number of hydrogen-bond acceptors (Lipinski definition) is 3. The van der Waals surface area contributed by atoms with Crippen molar-refractivity contribution < 1.29 is 0 Å². The highest BCUT2D eigenvalue weighted by Gasteiger charge is 2.16. The minimum absolute atomic E-state index is 0.302. The third-order valence-electron chi connectivity index (χ3n) is 3.30. The highest BCUT2D eigenvalue weighted by atomic mass is 79.9. The second-order valence-electron chi connectivity index (χ2n) is 4.84. The van der Waals surface area contributed by atoms with Crippen molar-refractivity contribution in [2.45, 2.75) is 39.2 Å². The van der Waals surface area contributed by atoms with Crippen molar-refractivity contribution in [3.8, 4) is 0 Å². The molecule has 2 heterocycles. The molecule has 0 aliphatic rings. The van der Waals surface area contributed by atoms with Gasteiger partial charge in [-0.3, -0.25) is 4.98 Å². The quantitative estimate of drug-likeness (QED) is 0.777. The molecule has 1 N–H and O–H groups in total. The van der Waals surface area contributed by atoms with Crippen LogP contribution in [0.1, 0.15) is 42.4 Å². The molecule has 1 unspecified atom stereocenters. The van der Waals surface area contributed by atoms with Gasteiger partial charge in [0.1, 0.15) is 0 Å². The van der Waals surface area contributed by atoms with Crippen LogP contribution in [0.5, 0.6) is 0 Å². The highest BCUT2D eigenvalue weighted by molar-refractivity contribution is 9.10. The molecule has 2 aromatic heterocycles. The molecule has 2 aromatic rings. The maximum Gasteiger partial charge on any atom is 0.0608 e. The first-order valence-corrected chi connectivity index (χ1v) is 8.82. The summed E-state index contributed by atoms with van der Waals surface area (Å²) in [6.07, 6.45) is 5.07. The highest BCUT2D eigenvalue weighted by Crippen LogP contribution is 2.26. The van der Waals surface area contributed by atoms with E-state index < -0.39 is 0 Å². The van der Waals surface area contributed by atoms with Crippen LogP contribution in [0.25, 0.3) is 0 Å².